The van der Waals surface area contributed by atoms with Gasteiger partial charge in [-0.05, 0) is 24.6 Å². The molecule has 19 heavy (non-hydrogen) atoms. The fraction of sp³-hybridized carbons (Fsp3) is 0.308. The number of hydrogen-bond acceptors (Lipinski definition) is 3. The Hall–Kier alpha value is -1.79. The Kier molecular flexibility index (Phi) is 4.24. The van der Waals surface area contributed by atoms with Crippen molar-refractivity contribution in [3.63, 3.8) is 0 Å². The fourth-order valence-corrected chi connectivity index (χ4v) is 2.05. The summed E-state index contributed by atoms with van der Waals surface area (Å²) in [6, 6.07) is 2.61. The van der Waals surface area contributed by atoms with Crippen LogP contribution in [-0.2, 0) is 6.54 Å². The molecule has 0 fully saturated rings. The minimum Gasteiger partial charge on any atom is -0.333 e. The summed E-state index contributed by atoms with van der Waals surface area (Å²) in [4.78, 5) is 4.18. The molecule has 1 unspecified atom stereocenters. The number of nitrogens with one attached hydrogen (secondary N) is 1. The van der Waals surface area contributed by atoms with Gasteiger partial charge >= 0.3 is 0 Å². The van der Waals surface area contributed by atoms with E-state index in [0.717, 1.165) is 31.2 Å². The molecule has 1 atom stereocenters. The van der Waals surface area contributed by atoms with Crippen molar-refractivity contribution < 1.29 is 8.78 Å². The average molecular weight is 266 g/mol. The van der Waals surface area contributed by atoms with Gasteiger partial charge in [-0.25, -0.2) is 19.2 Å². The number of nitrogens with two attached hydrogens (primary N) is 1. The lowest BCUT2D eigenvalue weighted by atomic mass is 10.1. The molecule has 1 aromatic heterocycles. The summed E-state index contributed by atoms with van der Waals surface area (Å²) in [5.74, 6) is 5.02. The first-order chi connectivity index (χ1) is 9.17. The van der Waals surface area contributed by atoms with Gasteiger partial charge in [-0.3, -0.25) is 5.84 Å². The van der Waals surface area contributed by atoms with Crippen molar-refractivity contribution in [2.24, 2.45) is 5.84 Å². The van der Waals surface area contributed by atoms with Gasteiger partial charge < -0.3 is 4.57 Å². The summed E-state index contributed by atoms with van der Waals surface area (Å²) in [6.45, 7) is 2.77. The van der Waals surface area contributed by atoms with Crippen LogP contribution in [0, 0.1) is 11.6 Å². The van der Waals surface area contributed by atoms with E-state index >= 15 is 0 Å². The lowest BCUT2D eigenvalue weighted by Gasteiger charge is -2.18. The number of aryl methyl sites for hydroxylation is 1. The molecule has 0 aliphatic heterocycles. The molecular weight excluding hydrogens is 250 g/mol. The third-order valence-electron chi connectivity index (χ3n) is 2.91. The third kappa shape index (κ3) is 2.80. The molecule has 2 rings (SSSR count). The summed E-state index contributed by atoms with van der Waals surface area (Å²) in [5, 5.41) is 0. The molecule has 0 saturated carbocycles. The van der Waals surface area contributed by atoms with E-state index in [9.17, 15) is 8.78 Å². The van der Waals surface area contributed by atoms with Crippen LogP contribution >= 0.6 is 0 Å². The Bertz CT molecular complexity index is 553. The number of nitrogens with zero attached hydrogens (tertiary/aromatic N) is 2. The summed E-state index contributed by atoms with van der Waals surface area (Å²) in [5.41, 5.74) is 2.64. The molecule has 0 aliphatic rings. The standard InChI is InChI=1S/C13H16F2N4/c1-2-6-19-7-5-17-13(19)12(18-16)10-8-9(14)3-4-11(10)15/h3-5,7-8,12,18H,2,6,16H2,1H3. The highest BCUT2D eigenvalue weighted by Gasteiger charge is 2.21. The van der Waals surface area contributed by atoms with E-state index in [-0.39, 0.29) is 5.56 Å². The van der Waals surface area contributed by atoms with E-state index in [1.165, 1.54) is 0 Å². The topological polar surface area (TPSA) is 55.9 Å². The van der Waals surface area contributed by atoms with Gasteiger partial charge in [-0.15, -0.1) is 0 Å². The summed E-state index contributed by atoms with van der Waals surface area (Å²) in [6.07, 6.45) is 4.32. The van der Waals surface area contributed by atoms with Gasteiger partial charge in [0.2, 0.25) is 0 Å². The van der Waals surface area contributed by atoms with Gasteiger partial charge in [0.25, 0.3) is 0 Å². The van der Waals surface area contributed by atoms with Crippen molar-refractivity contribution in [3.05, 3.63) is 53.6 Å². The number of rotatable bonds is 5. The molecular formula is C13H16F2N4. The van der Waals surface area contributed by atoms with Crippen molar-refractivity contribution in [1.82, 2.24) is 15.0 Å². The molecule has 0 amide bonds. The van der Waals surface area contributed by atoms with Gasteiger partial charge in [-0.2, -0.15) is 0 Å². The second kappa shape index (κ2) is 5.90. The number of imidazole rings is 1. The van der Waals surface area contributed by atoms with Crippen LogP contribution in [0.2, 0.25) is 0 Å². The molecule has 4 nitrogen and oxygen atoms in total. The summed E-state index contributed by atoms with van der Waals surface area (Å²) in [7, 11) is 0. The van der Waals surface area contributed by atoms with E-state index in [4.69, 9.17) is 5.84 Å². The minimum absolute atomic E-state index is 0.144. The van der Waals surface area contributed by atoms with E-state index < -0.39 is 17.7 Å². The van der Waals surface area contributed by atoms with Gasteiger partial charge in [-0.1, -0.05) is 6.92 Å². The van der Waals surface area contributed by atoms with Crippen molar-refractivity contribution in [1.29, 1.82) is 0 Å². The van der Waals surface area contributed by atoms with E-state index in [1.54, 1.807) is 12.4 Å². The van der Waals surface area contributed by atoms with Crippen molar-refractivity contribution in [3.8, 4) is 0 Å². The maximum atomic E-state index is 13.8. The Morgan fingerprint density at radius 3 is 2.89 bits per heavy atom. The molecule has 0 bridgehead atoms. The maximum absolute atomic E-state index is 13.8. The van der Waals surface area contributed by atoms with Crippen LogP contribution in [0.25, 0.3) is 0 Å². The smallest absolute Gasteiger partial charge is 0.131 e. The quantitative estimate of drug-likeness (QED) is 0.644. The number of halogens is 2. The zero-order valence-corrected chi connectivity index (χ0v) is 10.6. The Morgan fingerprint density at radius 2 is 2.21 bits per heavy atom. The van der Waals surface area contributed by atoms with Crippen LogP contribution in [0.15, 0.2) is 30.6 Å². The van der Waals surface area contributed by atoms with Crippen LogP contribution in [0.4, 0.5) is 8.78 Å². The van der Waals surface area contributed by atoms with Crippen molar-refractivity contribution in [2.75, 3.05) is 0 Å². The zero-order chi connectivity index (χ0) is 13.8. The Morgan fingerprint density at radius 1 is 1.42 bits per heavy atom. The molecule has 0 spiro atoms. The molecule has 0 aliphatic carbocycles. The molecule has 102 valence electrons. The molecule has 3 N–H and O–H groups in total. The first-order valence-corrected chi connectivity index (χ1v) is 6.09. The average Bonchev–Trinajstić information content (AvgIpc) is 2.83. The predicted octanol–water partition coefficient (Wildman–Crippen LogP) is 2.12. The third-order valence-corrected chi connectivity index (χ3v) is 2.91. The van der Waals surface area contributed by atoms with Crippen LogP contribution in [0.1, 0.15) is 30.8 Å². The number of benzene rings is 1. The first kappa shape index (κ1) is 13.6. The van der Waals surface area contributed by atoms with E-state index in [0.29, 0.717) is 5.82 Å². The number of aromatic nitrogens is 2. The van der Waals surface area contributed by atoms with Gasteiger partial charge in [0.15, 0.2) is 0 Å². The summed E-state index contributed by atoms with van der Waals surface area (Å²) < 4.78 is 29.0. The molecule has 2 aromatic rings. The Balaban J connectivity index is 2.44. The number of hydrogen-bond donors (Lipinski definition) is 2. The Labute approximate surface area is 110 Å². The monoisotopic (exact) mass is 266 g/mol. The maximum Gasteiger partial charge on any atom is 0.131 e. The largest absolute Gasteiger partial charge is 0.333 e. The van der Waals surface area contributed by atoms with Gasteiger partial charge in [0, 0.05) is 24.5 Å². The highest BCUT2D eigenvalue weighted by molar-refractivity contribution is 5.27. The van der Waals surface area contributed by atoms with Crippen molar-refractivity contribution >= 4 is 0 Å². The minimum atomic E-state index is -0.683. The number of hydrazine groups is 1. The zero-order valence-electron chi connectivity index (χ0n) is 10.6. The van der Waals surface area contributed by atoms with Crippen molar-refractivity contribution in [2.45, 2.75) is 25.9 Å². The molecule has 1 aromatic carbocycles. The normalized spacial score (nSPS) is 12.6. The molecule has 1 heterocycles. The van der Waals surface area contributed by atoms with Crippen LogP contribution in [0.3, 0.4) is 0 Å². The highest BCUT2D eigenvalue weighted by Crippen LogP contribution is 2.23. The lowest BCUT2D eigenvalue weighted by Crippen LogP contribution is -2.32. The SMILES string of the molecule is CCCn1ccnc1C(NN)c1cc(F)ccc1F. The van der Waals surface area contributed by atoms with Gasteiger partial charge in [0.1, 0.15) is 23.5 Å². The first-order valence-electron chi connectivity index (χ1n) is 6.09. The van der Waals surface area contributed by atoms with E-state index in [2.05, 4.69) is 10.4 Å². The lowest BCUT2D eigenvalue weighted by molar-refractivity contribution is 0.508. The van der Waals surface area contributed by atoms with Crippen LogP contribution < -0.4 is 11.3 Å². The van der Waals surface area contributed by atoms with Crippen LogP contribution in [0.5, 0.6) is 0 Å². The highest BCUT2D eigenvalue weighted by atomic mass is 19.1. The molecule has 6 heteroatoms. The molecule has 0 radical (unpaired) electrons. The predicted molar refractivity (Wildman–Crippen MR) is 68.0 cm³/mol. The molecule has 0 saturated heterocycles. The van der Waals surface area contributed by atoms with E-state index in [1.807, 2.05) is 11.5 Å². The van der Waals surface area contributed by atoms with Crippen LogP contribution in [-0.4, -0.2) is 9.55 Å². The second-order valence-electron chi connectivity index (χ2n) is 4.24. The second-order valence-corrected chi connectivity index (χ2v) is 4.24. The van der Waals surface area contributed by atoms with Gasteiger partial charge in [0.05, 0.1) is 0 Å². The summed E-state index contributed by atoms with van der Waals surface area (Å²) >= 11 is 0. The fourth-order valence-electron chi connectivity index (χ4n) is 2.05.